The van der Waals surface area contributed by atoms with Crippen LogP contribution < -0.4 is 0 Å². The Hall–Kier alpha value is -0.990. The maximum Gasteiger partial charge on any atom is 0.303 e. The Balaban J connectivity index is 0. The first-order chi connectivity index (χ1) is 16.4. The highest BCUT2D eigenvalue weighted by molar-refractivity contribution is 5.66. The van der Waals surface area contributed by atoms with E-state index in [2.05, 4.69) is 19.1 Å². The average Bonchev–Trinajstić information content (AvgIpc) is 2.84. The molecule has 0 bridgehead atoms. The van der Waals surface area contributed by atoms with Gasteiger partial charge in [-0.2, -0.15) is 0 Å². The summed E-state index contributed by atoms with van der Waals surface area (Å²) < 4.78 is 0. The quantitative estimate of drug-likeness (QED) is 0.0899. The molecule has 0 aliphatic heterocycles. The Labute approximate surface area is 207 Å². The molecule has 204 valence electrons. The minimum Gasteiger partial charge on any atom is -0.481 e. The van der Waals surface area contributed by atoms with Crippen LogP contribution in [0.5, 0.6) is 0 Å². The first-order valence-electron chi connectivity index (χ1n) is 13.5. The summed E-state index contributed by atoms with van der Waals surface area (Å²) in [6.45, 7) is 0.990. The Kier molecular flexibility index (Phi) is 29.2. The number of aliphatic hydroxyl groups is 5. The zero-order valence-corrected chi connectivity index (χ0v) is 21.6. The van der Waals surface area contributed by atoms with Gasteiger partial charge in [0.2, 0.25) is 0 Å². The van der Waals surface area contributed by atoms with E-state index in [0.717, 1.165) is 12.8 Å². The van der Waals surface area contributed by atoms with Crippen molar-refractivity contribution in [1.82, 2.24) is 0 Å². The van der Waals surface area contributed by atoms with E-state index < -0.39 is 37.5 Å². The van der Waals surface area contributed by atoms with Gasteiger partial charge in [-0.3, -0.25) is 4.79 Å². The van der Waals surface area contributed by atoms with Gasteiger partial charge in [-0.1, -0.05) is 96.1 Å². The third-order valence-electron chi connectivity index (χ3n) is 5.82. The molecule has 0 radical (unpaired) electrons. The molecule has 0 aromatic heterocycles. The van der Waals surface area contributed by atoms with Gasteiger partial charge in [-0.05, 0) is 32.1 Å². The predicted octanol–water partition coefficient (Wildman–Crippen LogP) is 4.72. The second-order valence-electron chi connectivity index (χ2n) is 9.13. The molecule has 0 aromatic rings. The molecule has 0 fully saturated rings. The van der Waals surface area contributed by atoms with Gasteiger partial charge in [0.15, 0.2) is 0 Å². The van der Waals surface area contributed by atoms with E-state index in [1.807, 2.05) is 0 Å². The molecule has 0 spiro atoms. The van der Waals surface area contributed by atoms with Gasteiger partial charge in [0.1, 0.15) is 18.3 Å². The molecule has 7 heteroatoms. The second-order valence-corrected chi connectivity index (χ2v) is 9.13. The van der Waals surface area contributed by atoms with Crippen molar-refractivity contribution in [3.8, 4) is 0 Å². The molecule has 0 heterocycles. The molecular weight excluding hydrogens is 436 g/mol. The molecule has 0 amide bonds. The van der Waals surface area contributed by atoms with Crippen LogP contribution in [0.1, 0.15) is 122 Å². The van der Waals surface area contributed by atoms with Crippen LogP contribution in [0, 0.1) is 0 Å². The molecule has 6 N–H and O–H groups in total. The fraction of sp³-hybridized carbons (Fsp3) is 0.889. The molecule has 1 unspecified atom stereocenters. The lowest BCUT2D eigenvalue weighted by atomic mass is 10.1. The summed E-state index contributed by atoms with van der Waals surface area (Å²) in [4.78, 5) is 10.4. The summed E-state index contributed by atoms with van der Waals surface area (Å²) in [5.74, 6) is -0.656. The smallest absolute Gasteiger partial charge is 0.303 e. The van der Waals surface area contributed by atoms with Gasteiger partial charge in [0, 0.05) is 6.42 Å². The highest BCUT2D eigenvalue weighted by Crippen LogP contribution is 2.12. The highest BCUT2D eigenvalue weighted by Gasteiger charge is 2.22. The summed E-state index contributed by atoms with van der Waals surface area (Å²) in [6, 6.07) is 0. The molecule has 0 aliphatic rings. The number of aliphatic carboxylic acids is 1. The highest BCUT2D eigenvalue weighted by atomic mass is 16.4. The third kappa shape index (κ3) is 27.3. The fourth-order valence-corrected chi connectivity index (χ4v) is 3.53. The summed E-state index contributed by atoms with van der Waals surface area (Å²) >= 11 is 0. The van der Waals surface area contributed by atoms with Crippen LogP contribution in [-0.4, -0.2) is 68.1 Å². The standard InChI is InChI=1S/C22H42O2.C5H12O5/c1-2-3-4-5-6-7-8-9-10-11-12-13-14-15-16-17-18-19-20-21-22(23)24;6-1-3(8)5(10)4(9)2-7/h9-10H,2-8,11-21H2,1H3,(H,23,24);3-10H,1-2H2/b10-9-;/t;3-,4+,5?. The topological polar surface area (TPSA) is 138 Å². The lowest BCUT2D eigenvalue weighted by Gasteiger charge is -2.19. The Morgan fingerprint density at radius 3 is 1.32 bits per heavy atom. The number of allylic oxidation sites excluding steroid dienone is 2. The van der Waals surface area contributed by atoms with E-state index in [1.54, 1.807) is 0 Å². The number of aliphatic hydroxyl groups excluding tert-OH is 5. The molecule has 7 nitrogen and oxygen atoms in total. The van der Waals surface area contributed by atoms with Crippen molar-refractivity contribution in [1.29, 1.82) is 0 Å². The largest absolute Gasteiger partial charge is 0.481 e. The van der Waals surface area contributed by atoms with Crippen LogP contribution >= 0.6 is 0 Å². The van der Waals surface area contributed by atoms with Gasteiger partial charge in [0.05, 0.1) is 13.2 Å². The summed E-state index contributed by atoms with van der Waals surface area (Å²) in [6.07, 6.45) is 22.8. The third-order valence-corrected chi connectivity index (χ3v) is 5.82. The first-order valence-corrected chi connectivity index (χ1v) is 13.5. The zero-order valence-electron chi connectivity index (χ0n) is 21.6. The minimum atomic E-state index is -1.49. The second kappa shape index (κ2) is 28.2. The molecule has 0 aromatic carbocycles. The molecule has 0 saturated carbocycles. The lowest BCUT2D eigenvalue weighted by molar-refractivity contribution is -0.137. The zero-order chi connectivity index (χ0) is 25.9. The van der Waals surface area contributed by atoms with Crippen LogP contribution in [0.15, 0.2) is 12.2 Å². The molecule has 34 heavy (non-hydrogen) atoms. The van der Waals surface area contributed by atoms with E-state index in [-0.39, 0.29) is 0 Å². The number of unbranched alkanes of at least 4 members (excludes halogenated alkanes) is 15. The predicted molar refractivity (Wildman–Crippen MR) is 138 cm³/mol. The van der Waals surface area contributed by atoms with Crippen molar-refractivity contribution in [3.63, 3.8) is 0 Å². The van der Waals surface area contributed by atoms with Gasteiger partial charge in [-0.25, -0.2) is 0 Å². The van der Waals surface area contributed by atoms with Gasteiger partial charge in [0.25, 0.3) is 0 Å². The first kappa shape index (κ1) is 35.2. The van der Waals surface area contributed by atoms with Crippen LogP contribution in [-0.2, 0) is 4.79 Å². The molecule has 0 aliphatic carbocycles. The van der Waals surface area contributed by atoms with Crippen molar-refractivity contribution in [2.75, 3.05) is 13.2 Å². The van der Waals surface area contributed by atoms with Gasteiger partial charge < -0.3 is 30.6 Å². The number of rotatable bonds is 23. The average molecular weight is 491 g/mol. The van der Waals surface area contributed by atoms with Crippen molar-refractivity contribution in [2.24, 2.45) is 0 Å². The Morgan fingerprint density at radius 1 is 0.618 bits per heavy atom. The minimum absolute atomic E-state index is 0.340. The monoisotopic (exact) mass is 490 g/mol. The van der Waals surface area contributed by atoms with Crippen molar-refractivity contribution < 1.29 is 35.4 Å². The van der Waals surface area contributed by atoms with Crippen LogP contribution in [0.25, 0.3) is 0 Å². The van der Waals surface area contributed by atoms with Crippen LogP contribution in [0.4, 0.5) is 0 Å². The number of carboxylic acids is 1. The van der Waals surface area contributed by atoms with Gasteiger partial charge >= 0.3 is 5.97 Å². The maximum absolute atomic E-state index is 10.4. The molecule has 0 rings (SSSR count). The summed E-state index contributed by atoms with van der Waals surface area (Å²) in [7, 11) is 0. The van der Waals surface area contributed by atoms with E-state index >= 15 is 0 Å². The number of carbonyl (C=O) groups is 1. The Morgan fingerprint density at radius 2 is 0.971 bits per heavy atom. The van der Waals surface area contributed by atoms with Crippen LogP contribution in [0.3, 0.4) is 0 Å². The normalized spacial score (nSPS) is 13.9. The maximum atomic E-state index is 10.4. The Bertz CT molecular complexity index is 433. The lowest BCUT2D eigenvalue weighted by Crippen LogP contribution is -2.41. The van der Waals surface area contributed by atoms with Crippen molar-refractivity contribution in [3.05, 3.63) is 12.2 Å². The van der Waals surface area contributed by atoms with E-state index in [0.29, 0.717) is 6.42 Å². The molecule has 3 atom stereocenters. The van der Waals surface area contributed by atoms with Crippen molar-refractivity contribution in [2.45, 2.75) is 141 Å². The number of carboxylic acid groups (broad SMARTS) is 1. The van der Waals surface area contributed by atoms with E-state index in [9.17, 15) is 4.79 Å². The fourth-order valence-electron chi connectivity index (χ4n) is 3.53. The van der Waals surface area contributed by atoms with E-state index in [4.69, 9.17) is 30.6 Å². The van der Waals surface area contributed by atoms with Gasteiger partial charge in [-0.15, -0.1) is 0 Å². The molecule has 0 saturated heterocycles. The summed E-state index contributed by atoms with van der Waals surface area (Å²) in [5, 5.41) is 51.1. The number of hydrogen-bond donors (Lipinski definition) is 6. The van der Waals surface area contributed by atoms with Crippen molar-refractivity contribution >= 4 is 5.97 Å². The molecular formula is C27H54O7. The number of hydrogen-bond acceptors (Lipinski definition) is 6. The van der Waals surface area contributed by atoms with Crippen LogP contribution in [0.2, 0.25) is 0 Å². The SMILES string of the molecule is CCCCCCCC/C=C\CCCCCCCCCCCC(=O)O.OC[C@@H](O)C(O)[C@@H](O)CO. The van der Waals surface area contributed by atoms with E-state index in [1.165, 1.54) is 96.3 Å². The summed E-state index contributed by atoms with van der Waals surface area (Å²) in [5.41, 5.74) is 0.